The van der Waals surface area contributed by atoms with Crippen LogP contribution in [-0.2, 0) is 10.9 Å². The van der Waals surface area contributed by atoms with Crippen molar-refractivity contribution < 1.29 is 36.3 Å². The second kappa shape index (κ2) is 9.60. The largest absolute Gasteiger partial charge is 0.444 e. The number of alkyl halides is 3. The van der Waals surface area contributed by atoms with Gasteiger partial charge in [0.05, 0.1) is 5.56 Å². The summed E-state index contributed by atoms with van der Waals surface area (Å²) in [4.78, 5) is 26.8. The number of carbonyl (C=O) groups is 2. The van der Waals surface area contributed by atoms with Crippen molar-refractivity contribution in [3.8, 4) is 0 Å². The first-order valence-electron chi connectivity index (χ1n) is 10.7. The summed E-state index contributed by atoms with van der Waals surface area (Å²) in [7, 11) is 0. The van der Waals surface area contributed by atoms with Gasteiger partial charge >= 0.3 is 12.3 Å². The molecule has 2 amide bonds. The second-order valence-electron chi connectivity index (χ2n) is 9.15. The number of hydrogen-bond donors (Lipinski definition) is 1. The van der Waals surface area contributed by atoms with Gasteiger partial charge < -0.3 is 15.0 Å². The number of hydrogen-bond acceptors (Lipinski definition) is 3. The normalized spacial score (nSPS) is 19.0. The zero-order valence-corrected chi connectivity index (χ0v) is 18.9. The van der Waals surface area contributed by atoms with Gasteiger partial charge in [0.25, 0.3) is 5.91 Å². The van der Waals surface area contributed by atoms with Gasteiger partial charge in [0, 0.05) is 30.6 Å². The fourth-order valence-corrected chi connectivity index (χ4v) is 3.80. The first-order chi connectivity index (χ1) is 15.7. The molecule has 1 heterocycles. The molecule has 0 saturated carbocycles. The predicted molar refractivity (Wildman–Crippen MR) is 114 cm³/mol. The van der Waals surface area contributed by atoms with E-state index >= 15 is 0 Å². The molecular weight excluding hydrogens is 459 g/mol. The third-order valence-electron chi connectivity index (χ3n) is 5.41. The van der Waals surface area contributed by atoms with E-state index in [0.717, 1.165) is 6.07 Å². The van der Waals surface area contributed by atoms with Crippen molar-refractivity contribution in [2.45, 2.75) is 50.9 Å². The molecule has 1 N–H and O–H groups in total. The number of likely N-dealkylation sites (tertiary alicyclic amines) is 1. The van der Waals surface area contributed by atoms with E-state index in [0.29, 0.717) is 17.7 Å². The molecule has 5 nitrogen and oxygen atoms in total. The van der Waals surface area contributed by atoms with Crippen LogP contribution < -0.4 is 5.32 Å². The van der Waals surface area contributed by atoms with E-state index < -0.39 is 52.9 Å². The van der Waals surface area contributed by atoms with Crippen LogP contribution in [0.1, 0.15) is 54.6 Å². The number of rotatable bonds is 3. The number of benzene rings is 2. The lowest BCUT2D eigenvalue weighted by Crippen LogP contribution is -2.52. The van der Waals surface area contributed by atoms with Gasteiger partial charge in [-0.3, -0.25) is 4.79 Å². The SMILES string of the molecule is CC(C)(C)OC(=O)N1CCC(NC(=O)c2ccc(F)c(C(F)(F)F)c2)C(c2ccc(F)cc2)C1. The molecular formula is C24H25F5N2O3. The summed E-state index contributed by atoms with van der Waals surface area (Å²) in [5, 5.41) is 2.70. The molecule has 2 aromatic carbocycles. The van der Waals surface area contributed by atoms with Gasteiger partial charge in [-0.05, 0) is 63.1 Å². The first-order valence-corrected chi connectivity index (χ1v) is 10.7. The van der Waals surface area contributed by atoms with Gasteiger partial charge in [0.1, 0.15) is 17.2 Å². The molecule has 3 rings (SSSR count). The Morgan fingerprint density at radius 2 is 1.68 bits per heavy atom. The number of piperidine rings is 1. The molecule has 1 saturated heterocycles. The molecule has 2 atom stereocenters. The van der Waals surface area contributed by atoms with Crippen LogP contribution in [0.2, 0.25) is 0 Å². The topological polar surface area (TPSA) is 58.6 Å². The molecule has 1 aliphatic heterocycles. The lowest BCUT2D eigenvalue weighted by molar-refractivity contribution is -0.140. The Balaban J connectivity index is 1.84. The Hall–Kier alpha value is -3.17. The fourth-order valence-electron chi connectivity index (χ4n) is 3.80. The quantitative estimate of drug-likeness (QED) is 0.585. The summed E-state index contributed by atoms with van der Waals surface area (Å²) >= 11 is 0. The van der Waals surface area contributed by atoms with E-state index in [4.69, 9.17) is 4.74 Å². The van der Waals surface area contributed by atoms with Crippen LogP contribution in [0.15, 0.2) is 42.5 Å². The van der Waals surface area contributed by atoms with Crippen LogP contribution in [0.25, 0.3) is 0 Å². The molecule has 0 aromatic heterocycles. The summed E-state index contributed by atoms with van der Waals surface area (Å²) in [6.45, 7) is 5.56. The maximum atomic E-state index is 13.6. The van der Waals surface area contributed by atoms with E-state index in [-0.39, 0.29) is 25.1 Å². The smallest absolute Gasteiger partial charge is 0.419 e. The Morgan fingerprint density at radius 1 is 1.03 bits per heavy atom. The highest BCUT2D eigenvalue weighted by Crippen LogP contribution is 2.33. The molecule has 0 spiro atoms. The summed E-state index contributed by atoms with van der Waals surface area (Å²) in [6.07, 6.45) is -5.21. The van der Waals surface area contributed by atoms with E-state index in [9.17, 15) is 31.5 Å². The monoisotopic (exact) mass is 484 g/mol. The van der Waals surface area contributed by atoms with Crippen molar-refractivity contribution in [2.24, 2.45) is 0 Å². The van der Waals surface area contributed by atoms with E-state index in [2.05, 4.69) is 5.32 Å². The Morgan fingerprint density at radius 3 is 2.26 bits per heavy atom. The highest BCUT2D eigenvalue weighted by Gasteiger charge is 2.37. The molecule has 0 radical (unpaired) electrons. The third kappa shape index (κ3) is 6.24. The number of ether oxygens (including phenoxy) is 1. The van der Waals surface area contributed by atoms with Crippen LogP contribution in [0.4, 0.5) is 26.7 Å². The average molecular weight is 484 g/mol. The number of halogens is 5. The number of carbonyl (C=O) groups excluding carboxylic acids is 2. The van der Waals surface area contributed by atoms with E-state index in [1.165, 1.54) is 29.2 Å². The standard InChI is InChI=1S/C24H25F5N2O3/c1-23(2,3)34-22(33)31-11-10-20(17(13-31)14-4-7-16(25)8-5-14)30-21(32)15-6-9-19(26)18(12-15)24(27,28)29/h4-9,12,17,20H,10-11,13H2,1-3H3,(H,30,32). The Labute approximate surface area is 193 Å². The van der Waals surface area contributed by atoms with Gasteiger partial charge in [-0.1, -0.05) is 12.1 Å². The molecule has 0 bridgehead atoms. The molecule has 0 aliphatic carbocycles. The molecule has 10 heteroatoms. The first kappa shape index (κ1) is 25.5. The minimum atomic E-state index is -4.95. The molecule has 1 aliphatic rings. The lowest BCUT2D eigenvalue weighted by Gasteiger charge is -2.39. The van der Waals surface area contributed by atoms with Crippen molar-refractivity contribution in [1.29, 1.82) is 0 Å². The van der Waals surface area contributed by atoms with E-state index in [1.54, 1.807) is 20.8 Å². The summed E-state index contributed by atoms with van der Waals surface area (Å²) in [5.41, 5.74) is -1.96. The number of nitrogens with one attached hydrogen (secondary N) is 1. The van der Waals surface area contributed by atoms with Gasteiger partial charge in [-0.15, -0.1) is 0 Å². The maximum Gasteiger partial charge on any atom is 0.419 e. The van der Waals surface area contributed by atoms with Crippen LogP contribution >= 0.6 is 0 Å². The van der Waals surface area contributed by atoms with Gasteiger partial charge in [0.2, 0.25) is 0 Å². The maximum absolute atomic E-state index is 13.6. The minimum Gasteiger partial charge on any atom is -0.444 e. The molecule has 2 unspecified atom stereocenters. The summed E-state index contributed by atoms with van der Waals surface area (Å²) in [5.74, 6) is -3.23. The van der Waals surface area contributed by atoms with Gasteiger partial charge in [-0.2, -0.15) is 13.2 Å². The molecule has 2 aromatic rings. The third-order valence-corrected chi connectivity index (χ3v) is 5.41. The van der Waals surface area contributed by atoms with Crippen molar-refractivity contribution in [2.75, 3.05) is 13.1 Å². The Kier molecular flexibility index (Phi) is 7.18. The summed E-state index contributed by atoms with van der Waals surface area (Å²) in [6, 6.07) is 7.01. The van der Waals surface area contributed by atoms with Crippen molar-refractivity contribution >= 4 is 12.0 Å². The van der Waals surface area contributed by atoms with Crippen LogP contribution in [0, 0.1) is 11.6 Å². The van der Waals surface area contributed by atoms with Crippen LogP contribution in [0.3, 0.4) is 0 Å². The number of nitrogens with zero attached hydrogens (tertiary/aromatic N) is 1. The van der Waals surface area contributed by atoms with Crippen LogP contribution in [-0.4, -0.2) is 41.6 Å². The highest BCUT2D eigenvalue weighted by atomic mass is 19.4. The summed E-state index contributed by atoms with van der Waals surface area (Å²) < 4.78 is 71.6. The molecule has 34 heavy (non-hydrogen) atoms. The highest BCUT2D eigenvalue weighted by molar-refractivity contribution is 5.94. The minimum absolute atomic E-state index is 0.142. The zero-order chi connectivity index (χ0) is 25.3. The van der Waals surface area contributed by atoms with E-state index in [1.807, 2.05) is 0 Å². The second-order valence-corrected chi connectivity index (χ2v) is 9.15. The van der Waals surface area contributed by atoms with Gasteiger partial charge in [0.15, 0.2) is 0 Å². The van der Waals surface area contributed by atoms with Crippen molar-refractivity contribution in [1.82, 2.24) is 10.2 Å². The van der Waals surface area contributed by atoms with Gasteiger partial charge in [-0.25, -0.2) is 13.6 Å². The van der Waals surface area contributed by atoms with Crippen molar-refractivity contribution in [3.05, 3.63) is 70.8 Å². The molecule has 184 valence electrons. The zero-order valence-electron chi connectivity index (χ0n) is 18.9. The fraction of sp³-hybridized carbons (Fsp3) is 0.417. The molecule has 1 fully saturated rings. The predicted octanol–water partition coefficient (Wildman–Crippen LogP) is 5.51. The average Bonchev–Trinajstić information content (AvgIpc) is 2.73. The number of amides is 2. The Bertz CT molecular complexity index is 1050. The lowest BCUT2D eigenvalue weighted by atomic mass is 9.85. The van der Waals surface area contributed by atoms with Crippen LogP contribution in [0.5, 0.6) is 0 Å². The van der Waals surface area contributed by atoms with Crippen molar-refractivity contribution in [3.63, 3.8) is 0 Å².